The molecular weight excluding hydrogens is 188 g/mol. The van der Waals surface area contributed by atoms with Crippen LogP contribution in [0.15, 0.2) is 11.6 Å². The van der Waals surface area contributed by atoms with E-state index in [4.69, 9.17) is 4.74 Å². The zero-order valence-corrected chi connectivity index (χ0v) is 10.1. The Kier molecular flexibility index (Phi) is 4.52. The van der Waals surface area contributed by atoms with E-state index in [1.807, 2.05) is 20.8 Å². The summed E-state index contributed by atoms with van der Waals surface area (Å²) in [5.74, 6) is 0.201. The van der Waals surface area contributed by atoms with Crippen molar-refractivity contribution in [1.29, 1.82) is 0 Å². The van der Waals surface area contributed by atoms with E-state index in [0.29, 0.717) is 6.61 Å². The van der Waals surface area contributed by atoms with Gasteiger partial charge in [0.05, 0.1) is 0 Å². The minimum absolute atomic E-state index is 0.201. The molecule has 0 bridgehead atoms. The first-order valence-corrected chi connectivity index (χ1v) is 6.02. The summed E-state index contributed by atoms with van der Waals surface area (Å²) in [7, 11) is 0. The topological polar surface area (TPSA) is 26.3 Å². The van der Waals surface area contributed by atoms with Crippen molar-refractivity contribution >= 4 is 5.78 Å². The molecule has 0 radical (unpaired) electrons. The van der Waals surface area contributed by atoms with Gasteiger partial charge < -0.3 is 4.74 Å². The normalized spacial score (nSPS) is 20.6. The molecule has 1 rings (SSSR count). The first kappa shape index (κ1) is 12.4. The maximum Gasteiger partial charge on any atom is 0.189 e. The summed E-state index contributed by atoms with van der Waals surface area (Å²) in [5.41, 5.74) is 0.386. The van der Waals surface area contributed by atoms with Gasteiger partial charge in [0.15, 0.2) is 5.78 Å². The second-order valence-corrected chi connectivity index (χ2v) is 4.32. The van der Waals surface area contributed by atoms with Crippen LogP contribution in [0.4, 0.5) is 0 Å². The standard InChI is InChI=1S/C13H22O2/c1-4-13(3,15-5-2)12(14)11-9-7-6-8-10-11/h9H,4-8,10H2,1-3H3. The van der Waals surface area contributed by atoms with Gasteiger partial charge in [-0.1, -0.05) is 13.0 Å². The molecule has 0 heterocycles. The third-order valence-electron chi connectivity index (χ3n) is 3.20. The second kappa shape index (κ2) is 5.45. The number of ether oxygens (including phenoxy) is 1. The Morgan fingerprint density at radius 3 is 2.67 bits per heavy atom. The molecule has 0 spiro atoms. The van der Waals surface area contributed by atoms with Gasteiger partial charge in [-0.25, -0.2) is 0 Å². The smallest absolute Gasteiger partial charge is 0.189 e. The van der Waals surface area contributed by atoms with E-state index in [-0.39, 0.29) is 5.78 Å². The fourth-order valence-corrected chi connectivity index (χ4v) is 2.03. The van der Waals surface area contributed by atoms with Crippen molar-refractivity contribution < 1.29 is 9.53 Å². The molecule has 0 saturated carbocycles. The zero-order chi connectivity index (χ0) is 11.3. The summed E-state index contributed by atoms with van der Waals surface area (Å²) in [5, 5.41) is 0. The summed E-state index contributed by atoms with van der Waals surface area (Å²) < 4.78 is 5.60. The van der Waals surface area contributed by atoms with Crippen LogP contribution in [-0.2, 0) is 9.53 Å². The summed E-state index contributed by atoms with van der Waals surface area (Å²) >= 11 is 0. The molecule has 0 aromatic rings. The van der Waals surface area contributed by atoms with Gasteiger partial charge >= 0.3 is 0 Å². The molecular formula is C13H22O2. The number of carbonyl (C=O) groups is 1. The van der Waals surface area contributed by atoms with Crippen LogP contribution in [0, 0.1) is 0 Å². The number of ketones is 1. The summed E-state index contributed by atoms with van der Waals surface area (Å²) in [4.78, 5) is 12.2. The Labute approximate surface area is 92.7 Å². The summed E-state index contributed by atoms with van der Waals surface area (Å²) in [6, 6.07) is 0. The monoisotopic (exact) mass is 210 g/mol. The van der Waals surface area contributed by atoms with Crippen molar-refractivity contribution in [2.75, 3.05) is 6.61 Å². The lowest BCUT2D eigenvalue weighted by molar-refractivity contribution is -0.138. The highest BCUT2D eigenvalue weighted by Gasteiger charge is 2.33. The first-order valence-electron chi connectivity index (χ1n) is 6.02. The predicted molar refractivity (Wildman–Crippen MR) is 61.9 cm³/mol. The molecule has 15 heavy (non-hydrogen) atoms. The minimum atomic E-state index is -0.599. The van der Waals surface area contributed by atoms with Crippen molar-refractivity contribution in [1.82, 2.24) is 0 Å². The van der Waals surface area contributed by atoms with E-state index in [9.17, 15) is 4.79 Å². The number of hydrogen-bond donors (Lipinski definition) is 0. The van der Waals surface area contributed by atoms with Gasteiger partial charge in [-0.3, -0.25) is 4.79 Å². The van der Waals surface area contributed by atoms with Crippen LogP contribution in [-0.4, -0.2) is 18.0 Å². The molecule has 0 fully saturated rings. The third-order valence-corrected chi connectivity index (χ3v) is 3.20. The van der Waals surface area contributed by atoms with E-state index >= 15 is 0 Å². The predicted octanol–water partition coefficient (Wildman–Crippen LogP) is 3.26. The van der Waals surface area contributed by atoms with E-state index in [0.717, 1.165) is 31.3 Å². The van der Waals surface area contributed by atoms with Gasteiger partial charge in [-0.15, -0.1) is 0 Å². The van der Waals surface area contributed by atoms with E-state index < -0.39 is 5.60 Å². The molecule has 2 heteroatoms. The lowest BCUT2D eigenvalue weighted by atomic mass is 9.86. The van der Waals surface area contributed by atoms with Gasteiger partial charge in [0.2, 0.25) is 0 Å². The van der Waals surface area contributed by atoms with E-state index in [2.05, 4.69) is 6.08 Å². The van der Waals surface area contributed by atoms with Gasteiger partial charge in [0, 0.05) is 6.61 Å². The molecule has 2 nitrogen and oxygen atoms in total. The number of allylic oxidation sites excluding steroid dienone is 1. The number of Topliss-reactive ketones (excluding diaryl/α,β-unsaturated/α-hetero) is 1. The molecule has 0 amide bonds. The third kappa shape index (κ3) is 2.91. The van der Waals surface area contributed by atoms with Gasteiger partial charge in [-0.2, -0.15) is 0 Å². The number of hydrogen-bond acceptors (Lipinski definition) is 2. The largest absolute Gasteiger partial charge is 0.367 e. The fourth-order valence-electron chi connectivity index (χ4n) is 2.03. The molecule has 0 saturated heterocycles. The zero-order valence-electron chi connectivity index (χ0n) is 10.1. The van der Waals surface area contributed by atoms with Crippen LogP contribution in [0.2, 0.25) is 0 Å². The maximum absolute atomic E-state index is 12.2. The molecule has 1 atom stereocenters. The molecule has 1 aliphatic carbocycles. The van der Waals surface area contributed by atoms with Gasteiger partial charge in [0.1, 0.15) is 5.60 Å². The van der Waals surface area contributed by atoms with Crippen molar-refractivity contribution in [3.63, 3.8) is 0 Å². The van der Waals surface area contributed by atoms with Crippen molar-refractivity contribution in [3.05, 3.63) is 11.6 Å². The summed E-state index contributed by atoms with van der Waals surface area (Å²) in [6.45, 7) is 6.46. The second-order valence-electron chi connectivity index (χ2n) is 4.32. The highest BCUT2D eigenvalue weighted by Crippen LogP contribution is 2.26. The Balaban J connectivity index is 2.75. The number of carbonyl (C=O) groups excluding carboxylic acids is 1. The Morgan fingerprint density at radius 2 is 2.20 bits per heavy atom. The van der Waals surface area contributed by atoms with Gasteiger partial charge in [-0.05, 0) is 51.5 Å². The SMILES string of the molecule is CCOC(C)(CC)C(=O)C1=CCCCC1. The van der Waals surface area contributed by atoms with Gasteiger partial charge in [0.25, 0.3) is 0 Å². The Morgan fingerprint density at radius 1 is 1.47 bits per heavy atom. The highest BCUT2D eigenvalue weighted by molar-refractivity contribution is 6.01. The summed E-state index contributed by atoms with van der Waals surface area (Å²) in [6.07, 6.45) is 7.18. The van der Waals surface area contributed by atoms with E-state index in [1.54, 1.807) is 0 Å². The Hall–Kier alpha value is -0.630. The van der Waals surface area contributed by atoms with Crippen LogP contribution < -0.4 is 0 Å². The van der Waals surface area contributed by atoms with Crippen LogP contribution in [0.25, 0.3) is 0 Å². The first-order chi connectivity index (χ1) is 7.14. The molecule has 0 aromatic carbocycles. The van der Waals surface area contributed by atoms with Crippen molar-refractivity contribution in [2.45, 2.75) is 58.5 Å². The maximum atomic E-state index is 12.2. The lowest BCUT2D eigenvalue weighted by Gasteiger charge is -2.28. The molecule has 0 aromatic heterocycles. The van der Waals surface area contributed by atoms with E-state index in [1.165, 1.54) is 6.42 Å². The molecule has 1 unspecified atom stereocenters. The fraction of sp³-hybridized carbons (Fsp3) is 0.769. The quantitative estimate of drug-likeness (QED) is 0.696. The highest BCUT2D eigenvalue weighted by atomic mass is 16.5. The minimum Gasteiger partial charge on any atom is -0.367 e. The van der Waals surface area contributed by atoms with Crippen LogP contribution >= 0.6 is 0 Å². The molecule has 0 N–H and O–H groups in total. The van der Waals surface area contributed by atoms with Crippen LogP contribution in [0.1, 0.15) is 52.9 Å². The lowest BCUT2D eigenvalue weighted by Crippen LogP contribution is -2.39. The van der Waals surface area contributed by atoms with Crippen molar-refractivity contribution in [2.24, 2.45) is 0 Å². The number of rotatable bonds is 5. The Bertz CT molecular complexity index is 255. The molecule has 86 valence electrons. The molecule has 1 aliphatic rings. The van der Waals surface area contributed by atoms with Crippen molar-refractivity contribution in [3.8, 4) is 0 Å². The molecule has 0 aliphatic heterocycles. The van der Waals surface area contributed by atoms with Crippen LogP contribution in [0.3, 0.4) is 0 Å². The average Bonchev–Trinajstić information content (AvgIpc) is 2.29. The van der Waals surface area contributed by atoms with Crippen LogP contribution in [0.5, 0.6) is 0 Å². The average molecular weight is 210 g/mol.